The highest BCUT2D eigenvalue weighted by Crippen LogP contribution is 2.38. The molecule has 2 fully saturated rings. The van der Waals surface area contributed by atoms with E-state index in [2.05, 4.69) is 19.2 Å². The summed E-state index contributed by atoms with van der Waals surface area (Å²) in [6.45, 7) is 6.78. The van der Waals surface area contributed by atoms with Gasteiger partial charge in [-0.05, 0) is 44.6 Å². The van der Waals surface area contributed by atoms with Gasteiger partial charge in [-0.3, -0.25) is 0 Å². The topological polar surface area (TPSA) is 21.3 Å². The van der Waals surface area contributed by atoms with Crippen LogP contribution >= 0.6 is 0 Å². The third-order valence-corrected chi connectivity index (χ3v) is 5.12. The summed E-state index contributed by atoms with van der Waals surface area (Å²) in [4.78, 5) is 0. The van der Waals surface area contributed by atoms with Gasteiger partial charge in [-0.1, -0.05) is 46.0 Å². The molecular weight excluding hydrogens is 234 g/mol. The highest BCUT2D eigenvalue weighted by molar-refractivity contribution is 4.90. The molecule has 0 aromatic carbocycles. The van der Waals surface area contributed by atoms with Gasteiger partial charge in [0.1, 0.15) is 0 Å². The molecular formula is C17H33NO. The van der Waals surface area contributed by atoms with Crippen LogP contribution in [0.25, 0.3) is 0 Å². The molecule has 0 spiro atoms. The molecule has 2 rings (SSSR count). The Balaban J connectivity index is 1.85. The molecule has 2 aliphatic carbocycles. The summed E-state index contributed by atoms with van der Waals surface area (Å²) >= 11 is 0. The summed E-state index contributed by atoms with van der Waals surface area (Å²) in [6.07, 6.45) is 13.8. The van der Waals surface area contributed by atoms with Crippen LogP contribution in [0.3, 0.4) is 0 Å². The highest BCUT2D eigenvalue weighted by atomic mass is 16.5. The van der Waals surface area contributed by atoms with Crippen LogP contribution in [0.5, 0.6) is 0 Å². The Kier molecular flexibility index (Phi) is 6.15. The molecule has 2 unspecified atom stereocenters. The van der Waals surface area contributed by atoms with Gasteiger partial charge in [0, 0.05) is 6.54 Å². The Labute approximate surface area is 119 Å². The molecule has 0 aromatic heterocycles. The van der Waals surface area contributed by atoms with E-state index in [1.807, 2.05) is 0 Å². The predicted molar refractivity (Wildman–Crippen MR) is 81.5 cm³/mol. The van der Waals surface area contributed by atoms with Crippen molar-refractivity contribution in [2.24, 2.45) is 5.92 Å². The molecule has 1 N–H and O–H groups in total. The van der Waals surface area contributed by atoms with Crippen molar-refractivity contribution in [2.75, 3.05) is 13.1 Å². The minimum Gasteiger partial charge on any atom is -0.370 e. The molecule has 0 bridgehead atoms. The van der Waals surface area contributed by atoms with Crippen molar-refractivity contribution < 1.29 is 4.74 Å². The van der Waals surface area contributed by atoms with E-state index in [1.165, 1.54) is 64.2 Å². The molecule has 2 atom stereocenters. The van der Waals surface area contributed by atoms with Crippen LogP contribution in [0.2, 0.25) is 0 Å². The molecule has 19 heavy (non-hydrogen) atoms. The third kappa shape index (κ3) is 4.46. The van der Waals surface area contributed by atoms with E-state index in [0.717, 1.165) is 19.0 Å². The molecule has 2 saturated carbocycles. The van der Waals surface area contributed by atoms with E-state index >= 15 is 0 Å². The zero-order valence-electron chi connectivity index (χ0n) is 13.0. The van der Waals surface area contributed by atoms with Gasteiger partial charge >= 0.3 is 0 Å². The fourth-order valence-corrected chi connectivity index (χ4v) is 3.92. The first-order valence-electron chi connectivity index (χ1n) is 8.66. The molecule has 0 aliphatic heterocycles. The second kappa shape index (κ2) is 7.64. The van der Waals surface area contributed by atoms with Crippen LogP contribution in [0.1, 0.15) is 78.1 Å². The van der Waals surface area contributed by atoms with Crippen LogP contribution in [0.4, 0.5) is 0 Å². The summed E-state index contributed by atoms with van der Waals surface area (Å²) in [5, 5.41) is 3.61. The molecule has 2 nitrogen and oxygen atoms in total. The lowest BCUT2D eigenvalue weighted by molar-refractivity contribution is -0.107. The Hall–Kier alpha value is -0.0800. The summed E-state index contributed by atoms with van der Waals surface area (Å²) in [7, 11) is 0. The quantitative estimate of drug-likeness (QED) is 0.695. The smallest absolute Gasteiger partial charge is 0.0810 e. The number of hydrogen-bond acceptors (Lipinski definition) is 2. The number of hydrogen-bond donors (Lipinski definition) is 1. The van der Waals surface area contributed by atoms with Gasteiger partial charge in [0.15, 0.2) is 0 Å². The van der Waals surface area contributed by atoms with Crippen LogP contribution in [-0.4, -0.2) is 24.8 Å². The van der Waals surface area contributed by atoms with Crippen molar-refractivity contribution >= 4 is 0 Å². The van der Waals surface area contributed by atoms with E-state index in [-0.39, 0.29) is 5.60 Å². The number of rotatable bonds is 7. The van der Waals surface area contributed by atoms with Crippen molar-refractivity contribution in [3.63, 3.8) is 0 Å². The van der Waals surface area contributed by atoms with Crippen molar-refractivity contribution in [1.29, 1.82) is 0 Å². The van der Waals surface area contributed by atoms with Crippen molar-refractivity contribution in [1.82, 2.24) is 5.32 Å². The average Bonchev–Trinajstić information content (AvgIpc) is 2.88. The highest BCUT2D eigenvalue weighted by Gasteiger charge is 2.37. The number of ether oxygens (including phenoxy) is 1. The zero-order valence-corrected chi connectivity index (χ0v) is 13.0. The standard InChI is InChI=1S/C17H33NO/c1-3-12-18-14-17(10-5-6-11-17)19-16-9-7-8-15(4-2)13-16/h15-16,18H,3-14H2,1-2H3. The van der Waals surface area contributed by atoms with E-state index in [0.29, 0.717) is 6.10 Å². The summed E-state index contributed by atoms with van der Waals surface area (Å²) in [5.74, 6) is 0.917. The molecule has 0 saturated heterocycles. The fraction of sp³-hybridized carbons (Fsp3) is 1.00. The van der Waals surface area contributed by atoms with Gasteiger partial charge in [-0.25, -0.2) is 0 Å². The monoisotopic (exact) mass is 267 g/mol. The van der Waals surface area contributed by atoms with Crippen molar-refractivity contribution in [3.05, 3.63) is 0 Å². The Morgan fingerprint density at radius 1 is 1.11 bits per heavy atom. The summed E-state index contributed by atoms with van der Waals surface area (Å²) in [5.41, 5.74) is 0.176. The van der Waals surface area contributed by atoms with Crippen LogP contribution in [0, 0.1) is 5.92 Å². The zero-order chi connectivity index (χ0) is 13.6. The van der Waals surface area contributed by atoms with Gasteiger partial charge in [-0.15, -0.1) is 0 Å². The molecule has 0 radical (unpaired) electrons. The van der Waals surface area contributed by atoms with E-state index in [4.69, 9.17) is 4.74 Å². The largest absolute Gasteiger partial charge is 0.370 e. The molecule has 0 heterocycles. The maximum absolute atomic E-state index is 6.66. The first kappa shape index (κ1) is 15.3. The van der Waals surface area contributed by atoms with Gasteiger partial charge in [0.05, 0.1) is 11.7 Å². The van der Waals surface area contributed by atoms with Crippen LogP contribution < -0.4 is 5.32 Å². The Morgan fingerprint density at radius 3 is 2.58 bits per heavy atom. The lowest BCUT2D eigenvalue weighted by Gasteiger charge is -2.38. The van der Waals surface area contributed by atoms with Gasteiger partial charge in [-0.2, -0.15) is 0 Å². The van der Waals surface area contributed by atoms with Crippen molar-refractivity contribution in [2.45, 2.75) is 89.8 Å². The maximum Gasteiger partial charge on any atom is 0.0810 e. The van der Waals surface area contributed by atoms with Crippen LogP contribution in [0.15, 0.2) is 0 Å². The van der Waals surface area contributed by atoms with E-state index in [9.17, 15) is 0 Å². The lowest BCUT2D eigenvalue weighted by atomic mass is 9.85. The van der Waals surface area contributed by atoms with Crippen molar-refractivity contribution in [3.8, 4) is 0 Å². The summed E-state index contributed by atoms with van der Waals surface area (Å²) < 4.78 is 6.66. The predicted octanol–water partition coefficient (Wildman–Crippen LogP) is 4.28. The molecule has 2 heteroatoms. The summed E-state index contributed by atoms with van der Waals surface area (Å²) in [6, 6.07) is 0. The molecule has 0 amide bonds. The molecule has 0 aromatic rings. The Morgan fingerprint density at radius 2 is 1.89 bits per heavy atom. The molecule has 2 aliphatic rings. The van der Waals surface area contributed by atoms with E-state index < -0.39 is 0 Å². The maximum atomic E-state index is 6.66. The second-order valence-electron chi connectivity index (χ2n) is 6.75. The van der Waals surface area contributed by atoms with Crippen LogP contribution in [-0.2, 0) is 4.74 Å². The SMILES string of the molecule is CCCNCC1(OC2CCCC(CC)C2)CCCC1. The lowest BCUT2D eigenvalue weighted by Crippen LogP contribution is -2.44. The van der Waals surface area contributed by atoms with Gasteiger partial charge in [0.2, 0.25) is 0 Å². The first-order chi connectivity index (χ1) is 9.28. The van der Waals surface area contributed by atoms with Gasteiger partial charge in [0.25, 0.3) is 0 Å². The minimum absolute atomic E-state index is 0.176. The van der Waals surface area contributed by atoms with E-state index in [1.54, 1.807) is 0 Å². The Bertz CT molecular complexity index is 248. The average molecular weight is 267 g/mol. The molecule has 112 valence electrons. The fourth-order valence-electron chi connectivity index (χ4n) is 3.92. The second-order valence-corrected chi connectivity index (χ2v) is 6.75. The van der Waals surface area contributed by atoms with Gasteiger partial charge < -0.3 is 10.1 Å². The first-order valence-corrected chi connectivity index (χ1v) is 8.66. The third-order valence-electron chi connectivity index (χ3n) is 5.12. The minimum atomic E-state index is 0.176. The number of nitrogens with one attached hydrogen (secondary N) is 1. The normalized spacial score (nSPS) is 30.6.